The quantitative estimate of drug-likeness (QED) is 0.648. The predicted molar refractivity (Wildman–Crippen MR) is 104 cm³/mol. The molecule has 8 heteroatoms. The van der Waals surface area contributed by atoms with Crippen molar-refractivity contribution in [3.05, 3.63) is 60.2 Å². The number of benzene rings is 2. The molecule has 26 heavy (non-hydrogen) atoms. The normalized spacial score (nSPS) is 11.6. The van der Waals surface area contributed by atoms with Gasteiger partial charge in [-0.2, -0.15) is 0 Å². The van der Waals surface area contributed by atoms with Crippen molar-refractivity contribution < 1.29 is 9.59 Å². The second-order valence-electron chi connectivity index (χ2n) is 5.42. The van der Waals surface area contributed by atoms with Crippen LogP contribution in [-0.2, 0) is 4.79 Å². The third-order valence-corrected chi connectivity index (χ3v) is 4.53. The van der Waals surface area contributed by atoms with Crippen LogP contribution in [-0.4, -0.2) is 27.4 Å². The maximum Gasteiger partial charge on any atom is 0.257 e. The van der Waals surface area contributed by atoms with Crippen molar-refractivity contribution in [1.29, 1.82) is 0 Å². The highest BCUT2D eigenvalue weighted by molar-refractivity contribution is 7.18. The smallest absolute Gasteiger partial charge is 0.257 e. The summed E-state index contributed by atoms with van der Waals surface area (Å²) in [6.45, 7) is 1.59. The van der Waals surface area contributed by atoms with Crippen LogP contribution in [0.25, 0.3) is 10.6 Å². The minimum absolute atomic E-state index is 0.300. The summed E-state index contributed by atoms with van der Waals surface area (Å²) < 4.78 is 0. The van der Waals surface area contributed by atoms with Crippen molar-refractivity contribution in [2.24, 2.45) is 0 Å². The fourth-order valence-electron chi connectivity index (χ4n) is 2.09. The minimum Gasteiger partial charge on any atom is -0.325 e. The molecule has 0 spiro atoms. The Hall–Kier alpha value is -2.77. The molecule has 1 heterocycles. The van der Waals surface area contributed by atoms with Gasteiger partial charge >= 0.3 is 0 Å². The number of anilines is 2. The molecular formula is C18H15ClN4O2S. The summed E-state index contributed by atoms with van der Waals surface area (Å²) in [6, 6.07) is 16.1. The number of rotatable bonds is 5. The number of hydrogen-bond acceptors (Lipinski definition) is 5. The highest BCUT2D eigenvalue weighted by Gasteiger charge is 2.12. The lowest BCUT2D eigenvalue weighted by molar-refractivity contribution is -0.115. The monoisotopic (exact) mass is 386 g/mol. The van der Waals surface area contributed by atoms with Gasteiger partial charge in [0, 0.05) is 16.8 Å². The molecule has 6 nitrogen and oxygen atoms in total. The third kappa shape index (κ3) is 4.44. The Morgan fingerprint density at radius 1 is 1.00 bits per heavy atom. The Balaban J connectivity index is 1.65. The van der Waals surface area contributed by atoms with E-state index in [-0.39, 0.29) is 11.8 Å². The second-order valence-corrected chi connectivity index (χ2v) is 7.05. The standard InChI is InChI=1S/C18H15ClN4O2S/c1-11(19)15(24)20-14-9-7-12(8-10-14)16(25)21-18-23-22-17(26-18)13-5-3-2-4-6-13/h2-11H,1H3,(H,20,24)(H,21,23,25)/t11-/m1/s1. The molecule has 3 rings (SSSR count). The molecule has 132 valence electrons. The summed E-state index contributed by atoms with van der Waals surface area (Å²) in [5, 5.41) is 14.0. The van der Waals surface area contributed by atoms with Crippen LogP contribution in [0.2, 0.25) is 0 Å². The van der Waals surface area contributed by atoms with Gasteiger partial charge in [-0.15, -0.1) is 21.8 Å². The predicted octanol–water partition coefficient (Wildman–Crippen LogP) is 4.02. The summed E-state index contributed by atoms with van der Waals surface area (Å²) in [5.74, 6) is -0.601. The van der Waals surface area contributed by atoms with E-state index in [4.69, 9.17) is 11.6 Å². The zero-order chi connectivity index (χ0) is 18.5. The van der Waals surface area contributed by atoms with Gasteiger partial charge in [-0.05, 0) is 31.2 Å². The molecule has 0 unspecified atom stereocenters. The van der Waals surface area contributed by atoms with Crippen molar-refractivity contribution in [2.45, 2.75) is 12.3 Å². The van der Waals surface area contributed by atoms with Gasteiger partial charge in [0.1, 0.15) is 10.4 Å². The molecule has 0 saturated heterocycles. The molecule has 3 aromatic rings. The van der Waals surface area contributed by atoms with E-state index >= 15 is 0 Å². The van der Waals surface area contributed by atoms with Gasteiger partial charge in [-0.3, -0.25) is 14.9 Å². The summed E-state index contributed by atoms with van der Waals surface area (Å²) in [7, 11) is 0. The van der Waals surface area contributed by atoms with E-state index in [1.807, 2.05) is 30.3 Å². The minimum atomic E-state index is -0.630. The van der Waals surface area contributed by atoms with E-state index < -0.39 is 5.38 Å². The van der Waals surface area contributed by atoms with Crippen LogP contribution in [0, 0.1) is 0 Å². The SMILES string of the molecule is C[C@@H](Cl)C(=O)Nc1ccc(C(=O)Nc2nnc(-c3ccccc3)s2)cc1. The third-order valence-electron chi connectivity index (χ3n) is 3.44. The molecule has 2 aromatic carbocycles. The molecule has 0 saturated carbocycles. The number of nitrogens with zero attached hydrogens (tertiary/aromatic N) is 2. The van der Waals surface area contributed by atoms with Crippen LogP contribution < -0.4 is 10.6 Å². The Morgan fingerprint density at radius 2 is 1.69 bits per heavy atom. The summed E-state index contributed by atoms with van der Waals surface area (Å²) in [5.41, 5.74) is 1.96. The number of hydrogen-bond donors (Lipinski definition) is 2. The van der Waals surface area contributed by atoms with Gasteiger partial charge in [-0.25, -0.2) is 0 Å². The number of carbonyl (C=O) groups is 2. The molecule has 2 amide bonds. The van der Waals surface area contributed by atoms with Gasteiger partial charge in [0.25, 0.3) is 5.91 Å². The van der Waals surface area contributed by atoms with E-state index in [1.54, 1.807) is 31.2 Å². The molecule has 1 aromatic heterocycles. The molecule has 0 aliphatic heterocycles. The van der Waals surface area contributed by atoms with Crippen LogP contribution in [0.3, 0.4) is 0 Å². The Labute approximate surface area is 159 Å². The Kier molecular flexibility index (Phi) is 5.60. The van der Waals surface area contributed by atoms with E-state index in [9.17, 15) is 9.59 Å². The molecule has 0 fully saturated rings. The number of amides is 2. The lowest BCUT2D eigenvalue weighted by Gasteiger charge is -2.07. The highest BCUT2D eigenvalue weighted by atomic mass is 35.5. The van der Waals surface area contributed by atoms with Gasteiger partial charge < -0.3 is 5.32 Å². The zero-order valence-electron chi connectivity index (χ0n) is 13.8. The first kappa shape index (κ1) is 18.0. The first-order valence-corrected chi connectivity index (χ1v) is 9.03. The Bertz CT molecular complexity index is 910. The molecular weight excluding hydrogens is 372 g/mol. The maximum absolute atomic E-state index is 12.3. The first-order valence-electron chi connectivity index (χ1n) is 7.78. The Morgan fingerprint density at radius 3 is 2.35 bits per heavy atom. The summed E-state index contributed by atoms with van der Waals surface area (Å²) >= 11 is 7.01. The van der Waals surface area contributed by atoms with Crippen LogP contribution >= 0.6 is 22.9 Å². The van der Waals surface area contributed by atoms with Crippen molar-refractivity contribution in [2.75, 3.05) is 10.6 Å². The largest absolute Gasteiger partial charge is 0.325 e. The van der Waals surface area contributed by atoms with Crippen LogP contribution in [0.15, 0.2) is 54.6 Å². The van der Waals surface area contributed by atoms with E-state index in [0.717, 1.165) is 10.6 Å². The molecule has 0 bridgehead atoms. The van der Waals surface area contributed by atoms with E-state index in [0.29, 0.717) is 16.4 Å². The lowest BCUT2D eigenvalue weighted by Crippen LogP contribution is -2.20. The van der Waals surface area contributed by atoms with Crippen molar-refractivity contribution >= 4 is 45.6 Å². The van der Waals surface area contributed by atoms with Crippen molar-refractivity contribution in [1.82, 2.24) is 10.2 Å². The van der Waals surface area contributed by atoms with Crippen molar-refractivity contribution in [3.8, 4) is 10.6 Å². The van der Waals surface area contributed by atoms with E-state index in [2.05, 4.69) is 20.8 Å². The maximum atomic E-state index is 12.3. The van der Waals surface area contributed by atoms with Gasteiger partial charge in [-0.1, -0.05) is 41.7 Å². The van der Waals surface area contributed by atoms with Crippen LogP contribution in [0.1, 0.15) is 17.3 Å². The zero-order valence-corrected chi connectivity index (χ0v) is 15.3. The fraction of sp³-hybridized carbons (Fsp3) is 0.111. The highest BCUT2D eigenvalue weighted by Crippen LogP contribution is 2.26. The summed E-state index contributed by atoms with van der Waals surface area (Å²) in [4.78, 5) is 23.9. The van der Waals surface area contributed by atoms with Gasteiger partial charge in [0.05, 0.1) is 0 Å². The average molecular weight is 387 g/mol. The number of aromatic nitrogens is 2. The molecule has 1 atom stereocenters. The molecule has 0 aliphatic rings. The number of halogens is 1. The first-order chi connectivity index (χ1) is 12.5. The van der Waals surface area contributed by atoms with E-state index in [1.165, 1.54) is 11.3 Å². The average Bonchev–Trinajstić information content (AvgIpc) is 3.11. The van der Waals surface area contributed by atoms with Gasteiger partial charge in [0.15, 0.2) is 0 Å². The van der Waals surface area contributed by atoms with Crippen molar-refractivity contribution in [3.63, 3.8) is 0 Å². The number of carbonyl (C=O) groups excluding carboxylic acids is 2. The topological polar surface area (TPSA) is 84.0 Å². The second kappa shape index (κ2) is 8.07. The molecule has 0 aliphatic carbocycles. The van der Waals surface area contributed by atoms with Crippen LogP contribution in [0.4, 0.5) is 10.8 Å². The number of alkyl halides is 1. The van der Waals surface area contributed by atoms with Gasteiger partial charge in [0.2, 0.25) is 11.0 Å². The van der Waals surface area contributed by atoms with Crippen LogP contribution in [0.5, 0.6) is 0 Å². The number of nitrogens with one attached hydrogen (secondary N) is 2. The fourth-order valence-corrected chi connectivity index (χ4v) is 2.89. The molecule has 2 N–H and O–H groups in total. The summed E-state index contributed by atoms with van der Waals surface area (Å²) in [6.07, 6.45) is 0. The molecule has 0 radical (unpaired) electrons. The lowest BCUT2D eigenvalue weighted by atomic mass is 10.2.